The Morgan fingerprint density at radius 3 is 1.95 bits per heavy atom. The van der Waals surface area contributed by atoms with Crippen molar-refractivity contribution in [2.45, 2.75) is 6.23 Å². The van der Waals surface area contributed by atoms with E-state index in [0.29, 0.717) is 33.6 Å². The van der Waals surface area contributed by atoms with Crippen LogP contribution < -0.4 is 4.90 Å². The van der Waals surface area contributed by atoms with Crippen molar-refractivity contribution >= 4 is 33.4 Å². The molecule has 0 saturated carbocycles. The number of hydrogen-bond donors (Lipinski definition) is 1. The molecule has 6 aromatic rings. The number of benzene rings is 5. The lowest BCUT2D eigenvalue weighted by atomic mass is 10.0. The molecule has 0 bridgehead atoms. The Balaban J connectivity index is 1.43. The van der Waals surface area contributed by atoms with Crippen LogP contribution in [0.5, 0.6) is 0 Å². The zero-order chi connectivity index (χ0) is 27.4. The third-order valence-electron chi connectivity index (χ3n) is 7.53. The van der Waals surface area contributed by atoms with E-state index in [1.807, 2.05) is 83.4 Å². The summed E-state index contributed by atoms with van der Waals surface area (Å²) < 4.78 is 1.97. The van der Waals surface area contributed by atoms with Crippen molar-refractivity contribution < 1.29 is 9.90 Å². The van der Waals surface area contributed by atoms with Gasteiger partial charge >= 0.3 is 0 Å². The van der Waals surface area contributed by atoms with Gasteiger partial charge in [0.2, 0.25) is 0 Å². The van der Waals surface area contributed by atoms with Crippen LogP contribution in [-0.4, -0.2) is 15.6 Å². The number of aliphatic hydroxyl groups is 1. The molecule has 2 heterocycles. The van der Waals surface area contributed by atoms with Crippen molar-refractivity contribution in [2.75, 3.05) is 4.90 Å². The molecular weight excluding hydrogens is 496 g/mol. The molecule has 0 saturated heterocycles. The van der Waals surface area contributed by atoms with Crippen molar-refractivity contribution in [1.29, 1.82) is 10.5 Å². The molecule has 0 fully saturated rings. The van der Waals surface area contributed by atoms with Crippen molar-refractivity contribution in [2.24, 2.45) is 0 Å². The van der Waals surface area contributed by atoms with E-state index in [9.17, 15) is 20.4 Å². The number of nitrogens with zero attached hydrogens (tertiary/aromatic N) is 4. The summed E-state index contributed by atoms with van der Waals surface area (Å²) in [7, 11) is 0. The van der Waals surface area contributed by atoms with Crippen LogP contribution in [-0.2, 0) is 0 Å². The third-order valence-corrected chi connectivity index (χ3v) is 7.53. The maximum absolute atomic E-state index is 14.1. The Labute approximate surface area is 229 Å². The maximum Gasteiger partial charge on any atom is 0.263 e. The number of aliphatic hydroxyl groups excluding tert-OH is 1. The molecular formula is C34H20N4O2. The molecule has 1 unspecified atom stereocenters. The Hall–Kier alpha value is -5.69. The van der Waals surface area contributed by atoms with E-state index in [-0.39, 0.29) is 5.91 Å². The van der Waals surface area contributed by atoms with Crippen LogP contribution in [0.15, 0.2) is 109 Å². The highest BCUT2D eigenvalue weighted by Crippen LogP contribution is 2.42. The summed E-state index contributed by atoms with van der Waals surface area (Å²) in [6.07, 6.45) is -1.16. The second kappa shape index (κ2) is 8.96. The van der Waals surface area contributed by atoms with Crippen LogP contribution in [0.1, 0.15) is 33.3 Å². The highest BCUT2D eigenvalue weighted by Gasteiger charge is 2.39. The zero-order valence-corrected chi connectivity index (χ0v) is 21.1. The van der Waals surface area contributed by atoms with Gasteiger partial charge in [-0.2, -0.15) is 10.5 Å². The van der Waals surface area contributed by atoms with Gasteiger partial charge in [-0.15, -0.1) is 0 Å². The number of anilines is 1. The van der Waals surface area contributed by atoms with Gasteiger partial charge in [0.05, 0.1) is 45.5 Å². The average molecular weight is 517 g/mol. The molecule has 5 aromatic carbocycles. The van der Waals surface area contributed by atoms with E-state index >= 15 is 0 Å². The molecule has 0 radical (unpaired) electrons. The molecule has 0 spiro atoms. The van der Waals surface area contributed by atoms with Crippen LogP contribution in [0.3, 0.4) is 0 Å². The number of amides is 1. The number of rotatable bonds is 3. The summed E-state index contributed by atoms with van der Waals surface area (Å²) >= 11 is 0. The summed E-state index contributed by atoms with van der Waals surface area (Å²) in [6.45, 7) is 0. The smallest absolute Gasteiger partial charge is 0.263 e. The SMILES string of the molecule is N#Cc1ccc2c(c1)c1cc(C#N)ccc1n2-c1cccc2c1C(=O)N(c1cccc(-c3ccccc3)c1)C2O. The fourth-order valence-electron chi connectivity index (χ4n) is 5.71. The molecule has 1 amide bonds. The lowest BCUT2D eigenvalue weighted by Crippen LogP contribution is -2.27. The van der Waals surface area contributed by atoms with Gasteiger partial charge in [-0.05, 0) is 65.7 Å². The fourth-order valence-corrected chi connectivity index (χ4v) is 5.71. The molecule has 1 atom stereocenters. The van der Waals surface area contributed by atoms with Crippen molar-refractivity contribution in [3.05, 3.63) is 131 Å². The molecule has 1 aromatic heterocycles. The fraction of sp³-hybridized carbons (Fsp3) is 0.0294. The topological polar surface area (TPSA) is 93.0 Å². The van der Waals surface area contributed by atoms with E-state index in [1.54, 1.807) is 30.3 Å². The van der Waals surface area contributed by atoms with Crippen LogP contribution in [0, 0.1) is 22.7 Å². The lowest BCUT2D eigenvalue weighted by Gasteiger charge is -2.21. The van der Waals surface area contributed by atoms with E-state index in [0.717, 1.165) is 32.9 Å². The van der Waals surface area contributed by atoms with Crippen molar-refractivity contribution in [1.82, 2.24) is 4.57 Å². The van der Waals surface area contributed by atoms with Crippen LogP contribution in [0.4, 0.5) is 5.69 Å². The predicted molar refractivity (Wildman–Crippen MR) is 154 cm³/mol. The largest absolute Gasteiger partial charge is 0.369 e. The minimum Gasteiger partial charge on any atom is -0.369 e. The first-order valence-electron chi connectivity index (χ1n) is 12.8. The lowest BCUT2D eigenvalue weighted by molar-refractivity contribution is 0.0935. The van der Waals surface area contributed by atoms with Gasteiger partial charge in [-0.1, -0.05) is 54.6 Å². The third kappa shape index (κ3) is 3.41. The van der Waals surface area contributed by atoms with E-state index < -0.39 is 6.23 Å². The second-order valence-electron chi connectivity index (χ2n) is 9.73. The standard InChI is InChI=1S/C34H20N4O2/c35-19-21-12-14-29-27(16-21)28-17-22(20-36)13-15-30(28)38(29)31-11-5-10-26-32(31)34(40)37(33(26)39)25-9-4-8-24(18-25)23-6-2-1-3-7-23/h1-18,33,39H. The van der Waals surface area contributed by atoms with E-state index in [2.05, 4.69) is 12.1 Å². The monoisotopic (exact) mass is 516 g/mol. The molecule has 1 N–H and O–H groups in total. The Bertz CT molecular complexity index is 2010. The molecule has 1 aliphatic rings. The van der Waals surface area contributed by atoms with Crippen LogP contribution in [0.25, 0.3) is 38.6 Å². The number of carbonyl (C=O) groups excluding carboxylic acids is 1. The highest BCUT2D eigenvalue weighted by molar-refractivity contribution is 6.15. The first kappa shape index (κ1) is 23.4. The summed E-state index contributed by atoms with van der Waals surface area (Å²) in [4.78, 5) is 15.5. The predicted octanol–water partition coefficient (Wildman–Crippen LogP) is 6.85. The summed E-state index contributed by atoms with van der Waals surface area (Å²) in [5.41, 5.74) is 6.71. The van der Waals surface area contributed by atoms with Gasteiger partial charge in [0.25, 0.3) is 5.91 Å². The molecule has 6 nitrogen and oxygen atoms in total. The van der Waals surface area contributed by atoms with Gasteiger partial charge in [-0.3, -0.25) is 9.69 Å². The second-order valence-corrected chi connectivity index (χ2v) is 9.73. The van der Waals surface area contributed by atoms with Crippen molar-refractivity contribution in [3.8, 4) is 29.0 Å². The Morgan fingerprint density at radius 1 is 0.675 bits per heavy atom. The minimum atomic E-state index is -1.16. The first-order chi connectivity index (χ1) is 19.6. The number of carbonyl (C=O) groups is 1. The van der Waals surface area contributed by atoms with Gasteiger partial charge in [0.1, 0.15) is 0 Å². The summed E-state index contributed by atoms with van der Waals surface area (Å²) in [6, 6.07) is 38.1. The number of nitriles is 2. The average Bonchev–Trinajstić information content (AvgIpc) is 3.47. The number of fused-ring (bicyclic) bond motifs is 4. The van der Waals surface area contributed by atoms with Gasteiger partial charge in [0.15, 0.2) is 6.23 Å². The Morgan fingerprint density at radius 2 is 1.30 bits per heavy atom. The normalized spacial score (nSPS) is 14.3. The first-order valence-corrected chi connectivity index (χ1v) is 12.8. The highest BCUT2D eigenvalue weighted by atomic mass is 16.3. The zero-order valence-electron chi connectivity index (χ0n) is 21.1. The Kier molecular flexibility index (Phi) is 5.25. The van der Waals surface area contributed by atoms with E-state index in [4.69, 9.17) is 0 Å². The van der Waals surface area contributed by atoms with Crippen LogP contribution >= 0.6 is 0 Å². The quantitative estimate of drug-likeness (QED) is 0.279. The molecule has 0 aliphatic carbocycles. The molecule has 6 heteroatoms. The molecule has 7 rings (SSSR count). The maximum atomic E-state index is 14.1. The van der Waals surface area contributed by atoms with E-state index in [1.165, 1.54) is 4.90 Å². The number of hydrogen-bond acceptors (Lipinski definition) is 4. The minimum absolute atomic E-state index is 0.305. The molecule has 1 aliphatic heterocycles. The van der Waals surface area contributed by atoms with Gasteiger partial charge in [0, 0.05) is 22.0 Å². The van der Waals surface area contributed by atoms with Crippen molar-refractivity contribution in [3.63, 3.8) is 0 Å². The summed E-state index contributed by atoms with van der Waals surface area (Å²) in [5.74, 6) is -0.305. The molecule has 40 heavy (non-hydrogen) atoms. The van der Waals surface area contributed by atoms with Gasteiger partial charge in [-0.25, -0.2) is 0 Å². The number of aromatic nitrogens is 1. The summed E-state index contributed by atoms with van der Waals surface area (Å²) in [5, 5.41) is 32.1. The molecule has 188 valence electrons. The van der Waals surface area contributed by atoms with Gasteiger partial charge < -0.3 is 9.67 Å². The van der Waals surface area contributed by atoms with Crippen LogP contribution in [0.2, 0.25) is 0 Å².